The molecule has 0 unspecified atom stereocenters. The van der Waals surface area contributed by atoms with Crippen molar-refractivity contribution in [3.63, 3.8) is 0 Å². The van der Waals surface area contributed by atoms with E-state index in [-0.39, 0.29) is 11.2 Å². The van der Waals surface area contributed by atoms with Crippen molar-refractivity contribution in [1.82, 2.24) is 4.98 Å². The molecule has 1 saturated carbocycles. The molecule has 2 fully saturated rings. The number of pyridine rings is 1. The van der Waals surface area contributed by atoms with Crippen molar-refractivity contribution in [2.75, 3.05) is 0 Å². The molecular formula is C15H22BNO3. The minimum Gasteiger partial charge on any atom is -0.475 e. The van der Waals surface area contributed by atoms with Crippen molar-refractivity contribution >= 4 is 12.6 Å². The van der Waals surface area contributed by atoms with Gasteiger partial charge in [0.1, 0.15) is 6.10 Å². The smallest absolute Gasteiger partial charge is 0.475 e. The first-order chi connectivity index (χ1) is 9.39. The van der Waals surface area contributed by atoms with E-state index in [0.29, 0.717) is 12.0 Å². The second-order valence-corrected chi connectivity index (χ2v) is 6.66. The van der Waals surface area contributed by atoms with Gasteiger partial charge in [0.25, 0.3) is 0 Å². The number of hydrogen-bond donors (Lipinski definition) is 0. The summed E-state index contributed by atoms with van der Waals surface area (Å²) in [5.41, 5.74) is 0.195. The first-order valence-electron chi connectivity index (χ1n) is 7.36. The van der Waals surface area contributed by atoms with E-state index in [9.17, 15) is 0 Å². The normalized spacial score (nSPS) is 24.5. The van der Waals surface area contributed by atoms with Gasteiger partial charge in [-0.1, -0.05) is 6.07 Å². The molecule has 20 heavy (non-hydrogen) atoms. The second-order valence-electron chi connectivity index (χ2n) is 6.66. The number of rotatable bonds is 3. The molecule has 0 aromatic carbocycles. The third-order valence-electron chi connectivity index (χ3n) is 4.64. The lowest BCUT2D eigenvalue weighted by molar-refractivity contribution is 0.00578. The van der Waals surface area contributed by atoms with Crippen molar-refractivity contribution in [3.05, 3.63) is 18.3 Å². The standard InChI is InChI=1S/C15H22BNO3/c1-14(2)15(3,4)20-16(19-14)12-9-6-10-17-13(12)18-11-7-5-8-11/h6,9-11H,5,7-8H2,1-4H3. The average molecular weight is 275 g/mol. The Balaban J connectivity index is 1.84. The van der Waals surface area contributed by atoms with Gasteiger partial charge in [-0.3, -0.25) is 0 Å². The summed E-state index contributed by atoms with van der Waals surface area (Å²) in [6.45, 7) is 8.21. The van der Waals surface area contributed by atoms with Crippen molar-refractivity contribution in [1.29, 1.82) is 0 Å². The highest BCUT2D eigenvalue weighted by atomic mass is 16.7. The van der Waals surface area contributed by atoms with Crippen LogP contribution >= 0.6 is 0 Å². The first-order valence-corrected chi connectivity index (χ1v) is 7.36. The van der Waals surface area contributed by atoms with Crippen molar-refractivity contribution in [2.45, 2.75) is 64.3 Å². The van der Waals surface area contributed by atoms with Crippen LogP contribution in [0.15, 0.2) is 18.3 Å². The maximum atomic E-state index is 6.08. The number of ether oxygens (including phenoxy) is 1. The first kappa shape index (κ1) is 13.9. The highest BCUT2D eigenvalue weighted by Gasteiger charge is 2.52. The molecule has 0 atom stereocenters. The third kappa shape index (κ3) is 2.33. The second kappa shape index (κ2) is 4.74. The lowest BCUT2D eigenvalue weighted by Crippen LogP contribution is -2.41. The van der Waals surface area contributed by atoms with Crippen LogP contribution in [0.2, 0.25) is 0 Å². The Hall–Kier alpha value is -1.07. The largest absolute Gasteiger partial charge is 0.500 e. The van der Waals surface area contributed by atoms with Crippen LogP contribution in [0.5, 0.6) is 5.88 Å². The summed E-state index contributed by atoms with van der Waals surface area (Å²) in [7, 11) is -0.413. The van der Waals surface area contributed by atoms with E-state index in [4.69, 9.17) is 14.0 Å². The van der Waals surface area contributed by atoms with Crippen LogP contribution in [0.3, 0.4) is 0 Å². The summed E-state index contributed by atoms with van der Waals surface area (Å²) in [6, 6.07) is 3.87. The van der Waals surface area contributed by atoms with E-state index in [0.717, 1.165) is 18.3 Å². The van der Waals surface area contributed by atoms with E-state index >= 15 is 0 Å². The molecule has 1 aliphatic carbocycles. The molecule has 0 amide bonds. The zero-order valence-corrected chi connectivity index (χ0v) is 12.7. The van der Waals surface area contributed by atoms with Crippen molar-refractivity contribution in [3.8, 4) is 5.88 Å². The zero-order chi connectivity index (χ0) is 14.4. The van der Waals surface area contributed by atoms with Crippen LogP contribution in [0.25, 0.3) is 0 Å². The lowest BCUT2D eigenvalue weighted by atomic mass is 9.79. The van der Waals surface area contributed by atoms with Crippen LogP contribution in [0.4, 0.5) is 0 Å². The van der Waals surface area contributed by atoms with Gasteiger partial charge in [0.2, 0.25) is 5.88 Å². The fourth-order valence-corrected chi connectivity index (χ4v) is 2.30. The summed E-state index contributed by atoms with van der Waals surface area (Å²) in [4.78, 5) is 4.36. The predicted molar refractivity (Wildman–Crippen MR) is 78.2 cm³/mol. The van der Waals surface area contributed by atoms with Crippen LogP contribution in [-0.4, -0.2) is 29.4 Å². The molecule has 4 nitrogen and oxygen atoms in total. The Bertz CT molecular complexity index is 484. The third-order valence-corrected chi connectivity index (χ3v) is 4.64. The topological polar surface area (TPSA) is 40.6 Å². The van der Waals surface area contributed by atoms with Gasteiger partial charge in [-0.05, 0) is 53.0 Å². The SMILES string of the molecule is CC1(C)OB(c2cccnc2OC2CCC2)OC1(C)C. The molecule has 0 spiro atoms. The van der Waals surface area contributed by atoms with Gasteiger partial charge < -0.3 is 14.0 Å². The molecule has 2 aliphatic rings. The van der Waals surface area contributed by atoms with Crippen molar-refractivity contribution < 1.29 is 14.0 Å². The monoisotopic (exact) mass is 275 g/mol. The summed E-state index contributed by atoms with van der Waals surface area (Å²) in [5.74, 6) is 0.649. The molecule has 1 aromatic heterocycles. The van der Waals surface area contributed by atoms with E-state index in [2.05, 4.69) is 32.7 Å². The zero-order valence-electron chi connectivity index (χ0n) is 12.7. The minimum absolute atomic E-state index is 0.297. The van der Waals surface area contributed by atoms with Crippen LogP contribution in [0.1, 0.15) is 47.0 Å². The van der Waals surface area contributed by atoms with Gasteiger partial charge in [-0.15, -0.1) is 0 Å². The number of aromatic nitrogens is 1. The molecule has 0 N–H and O–H groups in total. The fourth-order valence-electron chi connectivity index (χ4n) is 2.30. The number of hydrogen-bond acceptors (Lipinski definition) is 4. The number of nitrogens with zero attached hydrogens (tertiary/aromatic N) is 1. The predicted octanol–water partition coefficient (Wildman–Crippen LogP) is 2.31. The maximum Gasteiger partial charge on any atom is 0.500 e. The van der Waals surface area contributed by atoms with Gasteiger partial charge in [-0.2, -0.15) is 0 Å². The van der Waals surface area contributed by atoms with E-state index in [1.807, 2.05) is 12.1 Å². The van der Waals surface area contributed by atoms with E-state index in [1.165, 1.54) is 6.42 Å². The molecule has 108 valence electrons. The van der Waals surface area contributed by atoms with Gasteiger partial charge in [0.15, 0.2) is 0 Å². The van der Waals surface area contributed by atoms with Gasteiger partial charge in [-0.25, -0.2) is 4.98 Å². The molecular weight excluding hydrogens is 253 g/mol. The molecule has 1 aromatic rings. The lowest BCUT2D eigenvalue weighted by Gasteiger charge is -2.32. The molecule has 1 saturated heterocycles. The van der Waals surface area contributed by atoms with Crippen LogP contribution in [0, 0.1) is 0 Å². The molecule has 0 radical (unpaired) electrons. The Morgan fingerprint density at radius 3 is 2.40 bits per heavy atom. The summed E-state index contributed by atoms with van der Waals surface area (Å²) in [5, 5.41) is 0. The van der Waals surface area contributed by atoms with Gasteiger partial charge >= 0.3 is 7.12 Å². The highest BCUT2D eigenvalue weighted by Crippen LogP contribution is 2.37. The van der Waals surface area contributed by atoms with Crippen molar-refractivity contribution in [2.24, 2.45) is 0 Å². The summed E-state index contributed by atoms with van der Waals surface area (Å²) >= 11 is 0. The highest BCUT2D eigenvalue weighted by molar-refractivity contribution is 6.63. The molecule has 0 bridgehead atoms. The molecule has 1 aliphatic heterocycles. The minimum atomic E-state index is -0.413. The maximum absolute atomic E-state index is 6.08. The van der Waals surface area contributed by atoms with Crippen LogP contribution < -0.4 is 10.2 Å². The Morgan fingerprint density at radius 1 is 1.20 bits per heavy atom. The Kier molecular flexibility index (Phi) is 3.29. The quantitative estimate of drug-likeness (QED) is 0.794. The Morgan fingerprint density at radius 2 is 1.85 bits per heavy atom. The molecule has 5 heteroatoms. The Labute approximate surface area is 121 Å². The van der Waals surface area contributed by atoms with Gasteiger partial charge in [0.05, 0.1) is 11.2 Å². The van der Waals surface area contributed by atoms with E-state index < -0.39 is 7.12 Å². The van der Waals surface area contributed by atoms with Gasteiger partial charge in [0, 0.05) is 11.7 Å². The molecule has 2 heterocycles. The summed E-state index contributed by atoms with van der Waals surface area (Å²) in [6.07, 6.45) is 5.51. The van der Waals surface area contributed by atoms with Crippen LogP contribution in [-0.2, 0) is 9.31 Å². The average Bonchev–Trinajstić information content (AvgIpc) is 2.54. The fraction of sp³-hybridized carbons (Fsp3) is 0.667. The van der Waals surface area contributed by atoms with E-state index in [1.54, 1.807) is 6.20 Å². The molecule has 3 rings (SSSR count). The summed E-state index contributed by atoms with van der Waals surface area (Å²) < 4.78 is 18.1.